The van der Waals surface area contributed by atoms with Crippen LogP contribution < -0.4 is 4.74 Å². The van der Waals surface area contributed by atoms with Gasteiger partial charge < -0.3 is 9.47 Å². The molecule has 2 fully saturated rings. The Morgan fingerprint density at radius 3 is 2.48 bits per heavy atom. The van der Waals surface area contributed by atoms with Crippen molar-refractivity contribution in [2.45, 2.75) is 36.3 Å². The van der Waals surface area contributed by atoms with Crippen molar-refractivity contribution in [3.63, 3.8) is 0 Å². The molecule has 9 heteroatoms. The molecule has 0 N–H and O–H groups in total. The Balaban J connectivity index is 1.90. The zero-order chi connectivity index (χ0) is 18.1. The van der Waals surface area contributed by atoms with E-state index >= 15 is 0 Å². The van der Waals surface area contributed by atoms with Crippen LogP contribution in [0.3, 0.4) is 0 Å². The summed E-state index contributed by atoms with van der Waals surface area (Å²) in [6, 6.07) is 5.60. The topological polar surface area (TPSA) is 90.0 Å². The SMILES string of the molecule is COc1ccc(S(=O)(=O)N(C[C@@H]2CCCO2)[C@H]2CCS(=O)(=O)C2)cc1. The third-order valence-corrected chi connectivity index (χ3v) is 8.37. The lowest BCUT2D eigenvalue weighted by atomic mass is 10.2. The number of methoxy groups -OCH3 is 1. The molecule has 1 aromatic carbocycles. The number of rotatable bonds is 6. The molecule has 0 radical (unpaired) electrons. The number of hydrogen-bond acceptors (Lipinski definition) is 6. The minimum absolute atomic E-state index is 0.0256. The number of sulfonamides is 1. The van der Waals surface area contributed by atoms with Gasteiger partial charge in [0.05, 0.1) is 29.6 Å². The number of hydrogen-bond donors (Lipinski definition) is 0. The van der Waals surface area contributed by atoms with Crippen LogP contribution in [-0.4, -0.2) is 65.1 Å². The molecule has 2 saturated heterocycles. The van der Waals surface area contributed by atoms with Gasteiger partial charge in [0.1, 0.15) is 5.75 Å². The first-order valence-electron chi connectivity index (χ1n) is 8.30. The van der Waals surface area contributed by atoms with E-state index in [-0.39, 0.29) is 29.0 Å². The Bertz CT molecular complexity index is 798. The monoisotopic (exact) mass is 389 g/mol. The zero-order valence-corrected chi connectivity index (χ0v) is 15.8. The molecule has 0 saturated carbocycles. The van der Waals surface area contributed by atoms with E-state index < -0.39 is 25.9 Å². The molecule has 1 aromatic rings. The largest absolute Gasteiger partial charge is 0.497 e. The summed E-state index contributed by atoms with van der Waals surface area (Å²) in [5.41, 5.74) is 0. The van der Waals surface area contributed by atoms with Gasteiger partial charge in [-0.25, -0.2) is 16.8 Å². The van der Waals surface area contributed by atoms with Gasteiger partial charge in [0.2, 0.25) is 10.0 Å². The molecule has 0 amide bonds. The van der Waals surface area contributed by atoms with Gasteiger partial charge in [0, 0.05) is 19.2 Å². The maximum Gasteiger partial charge on any atom is 0.243 e. The van der Waals surface area contributed by atoms with Crippen LogP contribution in [0.15, 0.2) is 29.2 Å². The Hall–Kier alpha value is -1.16. The van der Waals surface area contributed by atoms with Crippen LogP contribution >= 0.6 is 0 Å². The molecule has 25 heavy (non-hydrogen) atoms. The van der Waals surface area contributed by atoms with E-state index in [1.54, 1.807) is 12.1 Å². The molecular weight excluding hydrogens is 366 g/mol. The third kappa shape index (κ3) is 4.16. The fourth-order valence-corrected chi connectivity index (χ4v) is 6.83. The Morgan fingerprint density at radius 2 is 1.96 bits per heavy atom. The number of ether oxygens (including phenoxy) is 2. The van der Waals surface area contributed by atoms with Crippen molar-refractivity contribution >= 4 is 19.9 Å². The van der Waals surface area contributed by atoms with E-state index in [0.29, 0.717) is 18.8 Å². The lowest BCUT2D eigenvalue weighted by Gasteiger charge is -2.29. The highest BCUT2D eigenvalue weighted by atomic mass is 32.2. The number of benzene rings is 1. The van der Waals surface area contributed by atoms with Crippen LogP contribution in [0.1, 0.15) is 19.3 Å². The van der Waals surface area contributed by atoms with Crippen molar-refractivity contribution in [3.05, 3.63) is 24.3 Å². The zero-order valence-electron chi connectivity index (χ0n) is 14.1. The van der Waals surface area contributed by atoms with Crippen LogP contribution in [0.25, 0.3) is 0 Å². The highest BCUT2D eigenvalue weighted by Gasteiger charge is 2.40. The van der Waals surface area contributed by atoms with Crippen molar-refractivity contribution in [1.82, 2.24) is 4.31 Å². The normalized spacial score (nSPS) is 26.2. The predicted molar refractivity (Wildman–Crippen MR) is 92.9 cm³/mol. The summed E-state index contributed by atoms with van der Waals surface area (Å²) < 4.78 is 62.0. The summed E-state index contributed by atoms with van der Waals surface area (Å²) in [6.07, 6.45) is 1.82. The van der Waals surface area contributed by atoms with Crippen molar-refractivity contribution in [3.8, 4) is 5.75 Å². The molecule has 0 aromatic heterocycles. The van der Waals surface area contributed by atoms with Gasteiger partial charge in [0.15, 0.2) is 9.84 Å². The average Bonchev–Trinajstić information content (AvgIpc) is 3.21. The lowest BCUT2D eigenvalue weighted by molar-refractivity contribution is 0.0877. The first-order chi connectivity index (χ1) is 11.8. The maximum atomic E-state index is 13.2. The van der Waals surface area contributed by atoms with Crippen molar-refractivity contribution < 1.29 is 26.3 Å². The lowest BCUT2D eigenvalue weighted by Crippen LogP contribution is -2.45. The van der Waals surface area contributed by atoms with Gasteiger partial charge in [-0.2, -0.15) is 4.31 Å². The average molecular weight is 389 g/mol. The van der Waals surface area contributed by atoms with Crippen molar-refractivity contribution in [2.24, 2.45) is 0 Å². The van der Waals surface area contributed by atoms with Crippen molar-refractivity contribution in [1.29, 1.82) is 0 Å². The maximum absolute atomic E-state index is 13.2. The van der Waals surface area contributed by atoms with E-state index in [2.05, 4.69) is 0 Å². The van der Waals surface area contributed by atoms with E-state index in [4.69, 9.17) is 9.47 Å². The van der Waals surface area contributed by atoms with Gasteiger partial charge in [-0.3, -0.25) is 0 Å². The predicted octanol–water partition coefficient (Wildman–Crippen LogP) is 1.05. The van der Waals surface area contributed by atoms with Gasteiger partial charge in [-0.05, 0) is 43.5 Å². The molecular formula is C16H23NO6S2. The van der Waals surface area contributed by atoms with E-state index in [9.17, 15) is 16.8 Å². The second-order valence-electron chi connectivity index (χ2n) is 6.44. The summed E-state index contributed by atoms with van der Waals surface area (Å²) in [4.78, 5) is 0.135. The quantitative estimate of drug-likeness (QED) is 0.722. The fourth-order valence-electron chi connectivity index (χ4n) is 3.32. The Kier molecular flexibility index (Phi) is 5.38. The molecule has 7 nitrogen and oxygen atoms in total. The second kappa shape index (κ2) is 7.22. The van der Waals surface area contributed by atoms with E-state index in [1.165, 1.54) is 23.5 Å². The molecule has 2 aliphatic rings. The minimum Gasteiger partial charge on any atom is -0.497 e. The van der Waals surface area contributed by atoms with Gasteiger partial charge in [-0.1, -0.05) is 0 Å². The van der Waals surface area contributed by atoms with E-state index in [1.807, 2.05) is 0 Å². The molecule has 0 spiro atoms. The summed E-state index contributed by atoms with van der Waals surface area (Å²) in [7, 11) is -5.50. The first-order valence-corrected chi connectivity index (χ1v) is 11.6. The minimum atomic E-state index is -3.81. The molecule has 0 bridgehead atoms. The smallest absolute Gasteiger partial charge is 0.243 e. The molecule has 0 unspecified atom stereocenters. The summed E-state index contributed by atoms with van der Waals surface area (Å²) >= 11 is 0. The van der Waals surface area contributed by atoms with Crippen LogP contribution in [-0.2, 0) is 24.6 Å². The number of nitrogens with zero attached hydrogens (tertiary/aromatic N) is 1. The molecule has 2 aliphatic heterocycles. The second-order valence-corrected chi connectivity index (χ2v) is 10.6. The van der Waals surface area contributed by atoms with Gasteiger partial charge in [0.25, 0.3) is 0 Å². The summed E-state index contributed by atoms with van der Waals surface area (Å²) in [6.45, 7) is 0.804. The van der Waals surface area contributed by atoms with Crippen LogP contribution in [0.5, 0.6) is 5.75 Å². The highest BCUT2D eigenvalue weighted by Crippen LogP contribution is 2.28. The van der Waals surface area contributed by atoms with Gasteiger partial charge in [-0.15, -0.1) is 0 Å². The standard InChI is InChI=1S/C16H23NO6S2/c1-22-14-4-6-16(7-5-14)25(20,21)17(11-15-3-2-9-23-15)13-8-10-24(18,19)12-13/h4-7,13,15H,2-3,8-12H2,1H3/t13-,15-/m0/s1. The Labute approximate surface area is 148 Å². The molecule has 3 rings (SSSR count). The molecule has 2 heterocycles. The van der Waals surface area contributed by atoms with Crippen LogP contribution in [0.4, 0.5) is 0 Å². The van der Waals surface area contributed by atoms with Gasteiger partial charge >= 0.3 is 0 Å². The Morgan fingerprint density at radius 1 is 1.24 bits per heavy atom. The van der Waals surface area contributed by atoms with Crippen LogP contribution in [0, 0.1) is 0 Å². The fraction of sp³-hybridized carbons (Fsp3) is 0.625. The summed E-state index contributed by atoms with van der Waals surface area (Å²) in [5.74, 6) is 0.459. The van der Waals surface area contributed by atoms with E-state index in [0.717, 1.165) is 12.8 Å². The third-order valence-electron chi connectivity index (χ3n) is 4.69. The summed E-state index contributed by atoms with van der Waals surface area (Å²) in [5, 5.41) is 0. The molecule has 0 aliphatic carbocycles. The number of sulfone groups is 1. The molecule has 2 atom stereocenters. The van der Waals surface area contributed by atoms with Crippen LogP contribution in [0.2, 0.25) is 0 Å². The highest BCUT2D eigenvalue weighted by molar-refractivity contribution is 7.92. The first kappa shape index (κ1) is 18.6. The molecule has 140 valence electrons. The van der Waals surface area contributed by atoms with Crippen molar-refractivity contribution in [2.75, 3.05) is 31.8 Å².